The quantitative estimate of drug-likeness (QED) is 0.846. The molecule has 0 amide bonds. The van der Waals surface area contributed by atoms with E-state index in [1.807, 2.05) is 12.3 Å². The van der Waals surface area contributed by atoms with E-state index in [-0.39, 0.29) is 0 Å². The van der Waals surface area contributed by atoms with Crippen molar-refractivity contribution < 1.29 is 5.11 Å². The zero-order valence-corrected chi connectivity index (χ0v) is 12.5. The fraction of sp³-hybridized carbons (Fsp3) is 0.500. The van der Waals surface area contributed by atoms with Crippen LogP contribution in [-0.2, 0) is 6.54 Å². The Kier molecular flexibility index (Phi) is 4.51. The average molecular weight is 284 g/mol. The van der Waals surface area contributed by atoms with E-state index in [9.17, 15) is 5.11 Å². The molecular weight excluding hydrogens is 260 g/mol. The Morgan fingerprint density at radius 2 is 1.81 bits per heavy atom. The van der Waals surface area contributed by atoms with Crippen LogP contribution in [0, 0.1) is 0 Å². The van der Waals surface area contributed by atoms with Gasteiger partial charge in [0.2, 0.25) is 0 Å². The summed E-state index contributed by atoms with van der Waals surface area (Å²) in [5.41, 5.74) is 1.74. The summed E-state index contributed by atoms with van der Waals surface area (Å²) in [5.74, 6) is 0. The first-order valence-corrected chi connectivity index (χ1v) is 8.03. The number of pyridine rings is 1. The molecule has 21 heavy (non-hydrogen) atoms. The van der Waals surface area contributed by atoms with Gasteiger partial charge in [0.1, 0.15) is 0 Å². The molecule has 1 aliphatic rings. The van der Waals surface area contributed by atoms with E-state index in [4.69, 9.17) is 0 Å². The summed E-state index contributed by atoms with van der Waals surface area (Å²) >= 11 is 0. The van der Waals surface area contributed by atoms with E-state index < -0.39 is 5.60 Å². The predicted molar refractivity (Wildman–Crippen MR) is 86.1 cm³/mol. The Labute approximate surface area is 126 Å². The van der Waals surface area contributed by atoms with Gasteiger partial charge in [-0.3, -0.25) is 4.98 Å². The lowest BCUT2D eigenvalue weighted by atomic mass is 9.94. The minimum atomic E-state index is -0.519. The Bertz CT molecular complexity index is 583. The highest BCUT2D eigenvalue weighted by atomic mass is 16.3. The van der Waals surface area contributed by atoms with E-state index in [2.05, 4.69) is 34.6 Å². The van der Waals surface area contributed by atoms with E-state index >= 15 is 0 Å². The Hall–Kier alpha value is -1.45. The molecule has 0 saturated heterocycles. The Balaban J connectivity index is 1.64. The first-order chi connectivity index (χ1) is 10.3. The highest BCUT2D eigenvalue weighted by Gasteiger charge is 2.27. The SMILES string of the molecule is OC1(CNCc2cccc3cccnc23)CCCCCC1. The first kappa shape index (κ1) is 14.5. The number of nitrogens with one attached hydrogen (secondary N) is 1. The fourth-order valence-corrected chi connectivity index (χ4v) is 3.30. The number of aliphatic hydroxyl groups is 1. The van der Waals surface area contributed by atoms with Gasteiger partial charge in [0, 0.05) is 24.7 Å². The van der Waals surface area contributed by atoms with Gasteiger partial charge in [0.05, 0.1) is 11.1 Å². The molecule has 1 saturated carbocycles. The third-order valence-corrected chi connectivity index (χ3v) is 4.52. The molecule has 2 N–H and O–H groups in total. The van der Waals surface area contributed by atoms with Crippen molar-refractivity contribution in [2.24, 2.45) is 0 Å². The summed E-state index contributed by atoms with van der Waals surface area (Å²) < 4.78 is 0. The number of para-hydroxylation sites is 1. The molecule has 112 valence electrons. The van der Waals surface area contributed by atoms with Crippen molar-refractivity contribution in [3.63, 3.8) is 0 Å². The van der Waals surface area contributed by atoms with Crippen LogP contribution in [-0.4, -0.2) is 22.2 Å². The van der Waals surface area contributed by atoms with Gasteiger partial charge in [-0.15, -0.1) is 0 Å². The summed E-state index contributed by atoms with van der Waals surface area (Å²) in [7, 11) is 0. The fourth-order valence-electron chi connectivity index (χ4n) is 3.30. The zero-order chi connectivity index (χ0) is 14.5. The number of hydrogen-bond donors (Lipinski definition) is 2. The summed E-state index contributed by atoms with van der Waals surface area (Å²) in [5, 5.41) is 15.3. The minimum Gasteiger partial charge on any atom is -0.389 e. The van der Waals surface area contributed by atoms with E-state index in [1.54, 1.807) is 0 Å². The molecule has 0 spiro atoms. The van der Waals surface area contributed by atoms with E-state index in [0.29, 0.717) is 6.54 Å². The van der Waals surface area contributed by atoms with Gasteiger partial charge < -0.3 is 10.4 Å². The third-order valence-electron chi connectivity index (χ3n) is 4.52. The van der Waals surface area contributed by atoms with Gasteiger partial charge in [-0.2, -0.15) is 0 Å². The monoisotopic (exact) mass is 284 g/mol. The van der Waals surface area contributed by atoms with Crippen molar-refractivity contribution in [2.45, 2.75) is 50.7 Å². The smallest absolute Gasteiger partial charge is 0.0771 e. The molecule has 3 rings (SSSR count). The summed E-state index contributed by atoms with van der Waals surface area (Å²) in [6.07, 6.45) is 8.50. The molecule has 1 fully saturated rings. The normalized spacial score (nSPS) is 18.5. The molecule has 0 radical (unpaired) electrons. The van der Waals surface area contributed by atoms with Crippen molar-refractivity contribution in [1.82, 2.24) is 10.3 Å². The van der Waals surface area contributed by atoms with Crippen molar-refractivity contribution in [3.8, 4) is 0 Å². The van der Waals surface area contributed by atoms with Crippen molar-refractivity contribution >= 4 is 10.9 Å². The van der Waals surface area contributed by atoms with Crippen LogP contribution in [0.25, 0.3) is 10.9 Å². The van der Waals surface area contributed by atoms with Crippen LogP contribution in [0.3, 0.4) is 0 Å². The van der Waals surface area contributed by atoms with Gasteiger partial charge >= 0.3 is 0 Å². The largest absolute Gasteiger partial charge is 0.389 e. The highest BCUT2D eigenvalue weighted by molar-refractivity contribution is 5.81. The Morgan fingerprint density at radius 1 is 1.05 bits per heavy atom. The number of benzene rings is 1. The van der Waals surface area contributed by atoms with Crippen LogP contribution < -0.4 is 5.32 Å². The molecule has 2 aromatic rings. The lowest BCUT2D eigenvalue weighted by molar-refractivity contribution is 0.0250. The maximum Gasteiger partial charge on any atom is 0.0771 e. The number of hydrogen-bond acceptors (Lipinski definition) is 3. The Morgan fingerprint density at radius 3 is 2.62 bits per heavy atom. The molecule has 1 aromatic heterocycles. The molecule has 0 unspecified atom stereocenters. The summed E-state index contributed by atoms with van der Waals surface area (Å²) in [6.45, 7) is 1.44. The molecule has 0 aliphatic heterocycles. The molecule has 1 aromatic carbocycles. The number of aromatic nitrogens is 1. The predicted octanol–water partition coefficient (Wildman–Crippen LogP) is 3.41. The summed E-state index contributed by atoms with van der Waals surface area (Å²) in [4.78, 5) is 4.48. The van der Waals surface area contributed by atoms with Gasteiger partial charge in [-0.25, -0.2) is 0 Å². The van der Waals surface area contributed by atoms with Gasteiger partial charge in [-0.05, 0) is 24.5 Å². The molecule has 1 aliphatic carbocycles. The number of rotatable bonds is 4. The van der Waals surface area contributed by atoms with Crippen molar-refractivity contribution in [1.29, 1.82) is 0 Å². The lowest BCUT2D eigenvalue weighted by Gasteiger charge is -2.27. The molecule has 0 atom stereocenters. The van der Waals surface area contributed by atoms with E-state index in [0.717, 1.165) is 37.7 Å². The third kappa shape index (κ3) is 3.60. The molecule has 3 heteroatoms. The lowest BCUT2D eigenvalue weighted by Crippen LogP contribution is -2.39. The first-order valence-electron chi connectivity index (χ1n) is 8.03. The number of nitrogens with zero attached hydrogens (tertiary/aromatic N) is 1. The van der Waals surface area contributed by atoms with Crippen LogP contribution >= 0.6 is 0 Å². The van der Waals surface area contributed by atoms with Crippen LogP contribution in [0.1, 0.15) is 44.1 Å². The van der Waals surface area contributed by atoms with Gasteiger partial charge in [0.15, 0.2) is 0 Å². The second kappa shape index (κ2) is 6.54. The molecule has 3 nitrogen and oxygen atoms in total. The van der Waals surface area contributed by atoms with Gasteiger partial charge in [-0.1, -0.05) is 49.9 Å². The zero-order valence-electron chi connectivity index (χ0n) is 12.5. The van der Waals surface area contributed by atoms with Crippen LogP contribution in [0.2, 0.25) is 0 Å². The standard InChI is InChI=1S/C18H24N2O/c21-18(10-3-1-2-4-11-18)14-19-13-16-8-5-7-15-9-6-12-20-17(15)16/h5-9,12,19,21H,1-4,10-11,13-14H2. The second-order valence-corrected chi connectivity index (χ2v) is 6.23. The second-order valence-electron chi connectivity index (χ2n) is 6.23. The van der Waals surface area contributed by atoms with Crippen LogP contribution in [0.15, 0.2) is 36.5 Å². The van der Waals surface area contributed by atoms with Crippen molar-refractivity contribution in [2.75, 3.05) is 6.54 Å². The van der Waals surface area contributed by atoms with Crippen molar-refractivity contribution in [3.05, 3.63) is 42.1 Å². The van der Waals surface area contributed by atoms with Crippen LogP contribution in [0.5, 0.6) is 0 Å². The summed E-state index contributed by atoms with van der Waals surface area (Å²) in [6, 6.07) is 10.3. The highest BCUT2D eigenvalue weighted by Crippen LogP contribution is 2.26. The van der Waals surface area contributed by atoms with E-state index in [1.165, 1.54) is 23.8 Å². The minimum absolute atomic E-state index is 0.519. The molecule has 0 bridgehead atoms. The topological polar surface area (TPSA) is 45.1 Å². The van der Waals surface area contributed by atoms with Gasteiger partial charge in [0.25, 0.3) is 0 Å². The van der Waals surface area contributed by atoms with Crippen LogP contribution in [0.4, 0.5) is 0 Å². The average Bonchev–Trinajstić information content (AvgIpc) is 2.73. The molecular formula is C18H24N2O. The molecule has 1 heterocycles. The maximum atomic E-state index is 10.7. The maximum absolute atomic E-state index is 10.7. The number of fused-ring (bicyclic) bond motifs is 1.